The van der Waals surface area contributed by atoms with E-state index in [1.165, 1.54) is 11.8 Å². The molecule has 0 aliphatic rings. The third-order valence-electron chi connectivity index (χ3n) is 4.35. The molecule has 0 spiro atoms. The van der Waals surface area contributed by atoms with Crippen molar-refractivity contribution in [3.8, 4) is 11.5 Å². The molecule has 0 fully saturated rings. The van der Waals surface area contributed by atoms with Crippen molar-refractivity contribution in [1.29, 1.82) is 0 Å². The Morgan fingerprint density at radius 3 is 2.63 bits per heavy atom. The van der Waals surface area contributed by atoms with Crippen molar-refractivity contribution >= 4 is 29.3 Å². The van der Waals surface area contributed by atoms with Crippen molar-refractivity contribution in [1.82, 2.24) is 20.1 Å². The van der Waals surface area contributed by atoms with Gasteiger partial charge in [0.15, 0.2) is 17.1 Å². The third kappa shape index (κ3) is 5.67. The monoisotopic (exact) mass is 446 g/mol. The summed E-state index contributed by atoms with van der Waals surface area (Å²) in [6.45, 7) is 2.33. The van der Waals surface area contributed by atoms with E-state index < -0.39 is 0 Å². The average molecular weight is 447 g/mol. The fraction of sp³-hybridized carbons (Fsp3) is 0.286. The summed E-state index contributed by atoms with van der Waals surface area (Å²) in [5.41, 5.74) is 1.00. The van der Waals surface area contributed by atoms with E-state index in [4.69, 9.17) is 21.1 Å². The SMILES string of the molecule is COc1ccc(CNC(=O)CSc2nnc(C(C)Oc3ccccc3Cl)n2C)cc1. The van der Waals surface area contributed by atoms with Crippen LogP contribution in [0.4, 0.5) is 0 Å². The zero-order valence-corrected chi connectivity index (χ0v) is 18.5. The Balaban J connectivity index is 1.51. The smallest absolute Gasteiger partial charge is 0.230 e. The number of aromatic nitrogens is 3. The number of rotatable bonds is 9. The number of carbonyl (C=O) groups is 1. The summed E-state index contributed by atoms with van der Waals surface area (Å²) in [6, 6.07) is 14.8. The second-order valence-corrected chi connectivity index (χ2v) is 7.85. The second-order valence-electron chi connectivity index (χ2n) is 6.50. The first-order valence-electron chi connectivity index (χ1n) is 9.31. The average Bonchev–Trinajstić information content (AvgIpc) is 3.13. The molecule has 1 unspecified atom stereocenters. The Morgan fingerprint density at radius 2 is 1.93 bits per heavy atom. The number of carbonyl (C=O) groups excluding carboxylic acids is 1. The lowest BCUT2D eigenvalue weighted by Crippen LogP contribution is -2.24. The number of thioether (sulfide) groups is 1. The summed E-state index contributed by atoms with van der Waals surface area (Å²) < 4.78 is 12.9. The largest absolute Gasteiger partial charge is 0.497 e. The van der Waals surface area contributed by atoms with Crippen molar-refractivity contribution in [3.05, 3.63) is 64.9 Å². The molecule has 0 aliphatic heterocycles. The first kappa shape index (κ1) is 22.0. The van der Waals surface area contributed by atoms with Gasteiger partial charge in [0.05, 0.1) is 17.9 Å². The van der Waals surface area contributed by atoms with E-state index in [9.17, 15) is 4.79 Å². The van der Waals surface area contributed by atoms with Gasteiger partial charge in [-0.1, -0.05) is 47.6 Å². The maximum Gasteiger partial charge on any atom is 0.230 e. The first-order valence-corrected chi connectivity index (χ1v) is 10.7. The fourth-order valence-corrected chi connectivity index (χ4v) is 3.64. The highest BCUT2D eigenvalue weighted by Crippen LogP contribution is 2.28. The summed E-state index contributed by atoms with van der Waals surface area (Å²) in [6.07, 6.45) is -0.347. The number of halogens is 1. The molecular weight excluding hydrogens is 424 g/mol. The van der Waals surface area contributed by atoms with E-state index in [-0.39, 0.29) is 17.8 Å². The van der Waals surface area contributed by atoms with Crippen molar-refractivity contribution in [2.75, 3.05) is 12.9 Å². The highest BCUT2D eigenvalue weighted by atomic mass is 35.5. The van der Waals surface area contributed by atoms with Crippen LogP contribution in [-0.2, 0) is 18.4 Å². The van der Waals surface area contributed by atoms with Gasteiger partial charge in [-0.3, -0.25) is 4.79 Å². The maximum atomic E-state index is 12.2. The number of amides is 1. The van der Waals surface area contributed by atoms with E-state index in [0.29, 0.717) is 28.3 Å². The highest BCUT2D eigenvalue weighted by Gasteiger charge is 2.18. The van der Waals surface area contributed by atoms with Crippen LogP contribution in [-0.4, -0.2) is 33.5 Å². The molecular formula is C21H23ClN4O3S. The fourth-order valence-electron chi connectivity index (χ4n) is 2.71. The summed E-state index contributed by atoms with van der Waals surface area (Å²) in [5, 5.41) is 12.5. The molecule has 3 rings (SSSR count). The number of nitrogens with one attached hydrogen (secondary N) is 1. The normalized spacial score (nSPS) is 11.7. The minimum absolute atomic E-state index is 0.0827. The van der Waals surface area contributed by atoms with Crippen LogP contribution in [0.5, 0.6) is 11.5 Å². The zero-order valence-electron chi connectivity index (χ0n) is 17.0. The summed E-state index contributed by atoms with van der Waals surface area (Å²) in [4.78, 5) is 12.2. The molecule has 1 amide bonds. The van der Waals surface area contributed by atoms with Crippen LogP contribution in [0, 0.1) is 0 Å². The number of para-hydroxylation sites is 1. The summed E-state index contributed by atoms with van der Waals surface area (Å²) >= 11 is 7.47. The van der Waals surface area contributed by atoms with E-state index in [0.717, 1.165) is 11.3 Å². The number of nitrogens with zero attached hydrogens (tertiary/aromatic N) is 3. The van der Waals surface area contributed by atoms with E-state index in [1.807, 2.05) is 54.9 Å². The van der Waals surface area contributed by atoms with Gasteiger partial charge in [-0.05, 0) is 36.8 Å². The predicted molar refractivity (Wildman–Crippen MR) is 117 cm³/mol. The number of hydrogen-bond acceptors (Lipinski definition) is 6. The quantitative estimate of drug-likeness (QED) is 0.500. The van der Waals surface area contributed by atoms with Crippen molar-refractivity contribution in [3.63, 3.8) is 0 Å². The predicted octanol–water partition coefficient (Wildman–Crippen LogP) is 4.03. The number of hydrogen-bond donors (Lipinski definition) is 1. The molecule has 1 atom stereocenters. The summed E-state index contributed by atoms with van der Waals surface area (Å²) in [5.74, 6) is 2.17. The number of ether oxygens (including phenoxy) is 2. The standard InChI is InChI=1S/C21H23ClN4O3S/c1-14(29-18-7-5-4-6-17(18)22)20-24-25-21(26(20)2)30-13-19(27)23-12-15-8-10-16(28-3)11-9-15/h4-11,14H,12-13H2,1-3H3,(H,23,27). The minimum atomic E-state index is -0.347. The molecule has 1 N–H and O–H groups in total. The third-order valence-corrected chi connectivity index (χ3v) is 5.69. The van der Waals surface area contributed by atoms with Crippen LogP contribution in [0.15, 0.2) is 53.7 Å². The van der Waals surface area contributed by atoms with Gasteiger partial charge in [0.1, 0.15) is 11.5 Å². The van der Waals surface area contributed by atoms with Gasteiger partial charge < -0.3 is 19.4 Å². The van der Waals surface area contributed by atoms with Gasteiger partial charge in [0.25, 0.3) is 0 Å². The zero-order chi connectivity index (χ0) is 21.5. The molecule has 0 radical (unpaired) electrons. The Morgan fingerprint density at radius 1 is 1.20 bits per heavy atom. The van der Waals surface area contributed by atoms with Gasteiger partial charge >= 0.3 is 0 Å². The molecule has 0 saturated heterocycles. The molecule has 158 valence electrons. The van der Waals surface area contributed by atoms with Crippen molar-refractivity contribution < 1.29 is 14.3 Å². The Kier molecular flexibility index (Phi) is 7.59. The Bertz CT molecular complexity index is 994. The molecule has 30 heavy (non-hydrogen) atoms. The van der Waals surface area contributed by atoms with Gasteiger partial charge in [-0.2, -0.15) is 0 Å². The highest BCUT2D eigenvalue weighted by molar-refractivity contribution is 7.99. The van der Waals surface area contributed by atoms with Crippen LogP contribution in [0.3, 0.4) is 0 Å². The number of benzene rings is 2. The van der Waals surface area contributed by atoms with Crippen molar-refractivity contribution in [2.24, 2.45) is 7.05 Å². The minimum Gasteiger partial charge on any atom is -0.497 e. The molecule has 0 aliphatic carbocycles. The molecule has 0 bridgehead atoms. The molecule has 9 heteroatoms. The van der Waals surface area contributed by atoms with E-state index in [2.05, 4.69) is 15.5 Å². The van der Waals surface area contributed by atoms with Crippen LogP contribution in [0.25, 0.3) is 0 Å². The molecule has 2 aromatic carbocycles. The lowest BCUT2D eigenvalue weighted by atomic mass is 10.2. The molecule has 0 saturated carbocycles. The van der Waals surface area contributed by atoms with Crippen molar-refractivity contribution in [2.45, 2.75) is 24.7 Å². The topological polar surface area (TPSA) is 78.3 Å². The molecule has 1 heterocycles. The maximum absolute atomic E-state index is 12.2. The van der Waals surface area contributed by atoms with Gasteiger partial charge in [-0.15, -0.1) is 10.2 Å². The lowest BCUT2D eigenvalue weighted by Gasteiger charge is -2.15. The lowest BCUT2D eigenvalue weighted by molar-refractivity contribution is -0.118. The summed E-state index contributed by atoms with van der Waals surface area (Å²) in [7, 11) is 3.47. The Hall–Kier alpha value is -2.71. The van der Waals surface area contributed by atoms with E-state index in [1.54, 1.807) is 19.2 Å². The molecule has 3 aromatic rings. The van der Waals surface area contributed by atoms with Crippen LogP contribution in [0.2, 0.25) is 5.02 Å². The van der Waals surface area contributed by atoms with Gasteiger partial charge in [0, 0.05) is 13.6 Å². The van der Waals surface area contributed by atoms with Gasteiger partial charge in [0.2, 0.25) is 5.91 Å². The van der Waals surface area contributed by atoms with Crippen LogP contribution < -0.4 is 14.8 Å². The Labute approximate surface area is 184 Å². The first-order chi connectivity index (χ1) is 14.5. The molecule has 1 aromatic heterocycles. The second kappa shape index (κ2) is 10.4. The van der Waals surface area contributed by atoms with E-state index >= 15 is 0 Å². The number of methoxy groups -OCH3 is 1. The van der Waals surface area contributed by atoms with Crippen LogP contribution in [0.1, 0.15) is 24.4 Å². The van der Waals surface area contributed by atoms with Crippen LogP contribution >= 0.6 is 23.4 Å². The van der Waals surface area contributed by atoms with Gasteiger partial charge in [-0.25, -0.2) is 0 Å². The molecule has 7 nitrogen and oxygen atoms in total.